The number of ether oxygens (including phenoxy) is 1. The van der Waals surface area contributed by atoms with E-state index in [2.05, 4.69) is 12.2 Å². The third kappa shape index (κ3) is 2.15. The maximum Gasteiger partial charge on any atom is 0.147 e. The Labute approximate surface area is 93.8 Å². The van der Waals surface area contributed by atoms with E-state index in [1.165, 1.54) is 6.07 Å². The van der Waals surface area contributed by atoms with Crippen molar-refractivity contribution >= 4 is 5.69 Å². The molecule has 1 aliphatic rings. The first kappa shape index (κ1) is 10.9. The van der Waals surface area contributed by atoms with Crippen LogP contribution in [-0.2, 0) is 4.74 Å². The molecule has 16 heavy (non-hydrogen) atoms. The first-order valence-electron chi connectivity index (χ1n) is 5.14. The largest absolute Gasteiger partial charge is 0.382 e. The zero-order valence-electron chi connectivity index (χ0n) is 9.09. The van der Waals surface area contributed by atoms with Crippen molar-refractivity contribution < 1.29 is 9.13 Å². The lowest BCUT2D eigenvalue weighted by atomic mass is 9.88. The average molecular weight is 220 g/mol. The highest BCUT2D eigenvalue weighted by Crippen LogP contribution is 2.27. The topological polar surface area (TPSA) is 45.0 Å². The standard InChI is InChI=1S/C12H13FN2O/c1-12(7-16-8-12)6-15-11-3-2-9(5-14)4-10(11)13/h2-4,15H,6-8H2,1H3. The minimum absolute atomic E-state index is 0.0976. The molecule has 0 spiro atoms. The fourth-order valence-corrected chi connectivity index (χ4v) is 1.59. The summed E-state index contributed by atoms with van der Waals surface area (Å²) in [5.41, 5.74) is 0.869. The summed E-state index contributed by atoms with van der Waals surface area (Å²) in [5.74, 6) is -0.386. The van der Waals surface area contributed by atoms with Gasteiger partial charge in [0.2, 0.25) is 0 Å². The highest BCUT2D eigenvalue weighted by atomic mass is 19.1. The molecular formula is C12H13FN2O. The number of nitriles is 1. The quantitative estimate of drug-likeness (QED) is 0.848. The molecule has 1 saturated heterocycles. The molecule has 0 aromatic heterocycles. The van der Waals surface area contributed by atoms with E-state index >= 15 is 0 Å². The smallest absolute Gasteiger partial charge is 0.147 e. The van der Waals surface area contributed by atoms with Gasteiger partial charge in [0.05, 0.1) is 30.5 Å². The molecule has 1 aliphatic heterocycles. The molecule has 1 aromatic carbocycles. The summed E-state index contributed by atoms with van der Waals surface area (Å²) in [5, 5.41) is 11.6. The van der Waals surface area contributed by atoms with Crippen LogP contribution in [0.15, 0.2) is 18.2 Å². The number of rotatable bonds is 3. The predicted octanol–water partition coefficient (Wildman–Crippen LogP) is 2.15. The Hall–Kier alpha value is -1.60. The number of halogens is 1. The highest BCUT2D eigenvalue weighted by molar-refractivity contribution is 5.48. The number of nitrogens with zero attached hydrogens (tertiary/aromatic N) is 1. The number of benzene rings is 1. The van der Waals surface area contributed by atoms with Crippen LogP contribution in [0.25, 0.3) is 0 Å². The molecule has 0 aliphatic carbocycles. The van der Waals surface area contributed by atoms with Gasteiger partial charge in [-0.05, 0) is 18.2 Å². The lowest BCUT2D eigenvalue weighted by molar-refractivity contribution is -0.0924. The third-order valence-corrected chi connectivity index (χ3v) is 2.70. The van der Waals surface area contributed by atoms with E-state index in [1.807, 2.05) is 6.07 Å². The van der Waals surface area contributed by atoms with E-state index in [0.29, 0.717) is 31.0 Å². The van der Waals surface area contributed by atoms with Gasteiger partial charge in [0.25, 0.3) is 0 Å². The van der Waals surface area contributed by atoms with Gasteiger partial charge in [-0.15, -0.1) is 0 Å². The molecule has 0 bridgehead atoms. The maximum absolute atomic E-state index is 13.5. The van der Waals surface area contributed by atoms with Crippen molar-refractivity contribution in [3.63, 3.8) is 0 Å². The van der Waals surface area contributed by atoms with Crippen LogP contribution >= 0.6 is 0 Å². The van der Waals surface area contributed by atoms with Crippen molar-refractivity contribution in [1.82, 2.24) is 0 Å². The summed E-state index contributed by atoms with van der Waals surface area (Å²) in [4.78, 5) is 0. The number of hydrogen-bond acceptors (Lipinski definition) is 3. The fourth-order valence-electron chi connectivity index (χ4n) is 1.59. The Kier molecular flexibility index (Phi) is 2.80. The average Bonchev–Trinajstić information content (AvgIpc) is 2.25. The molecule has 0 saturated carbocycles. The van der Waals surface area contributed by atoms with E-state index in [4.69, 9.17) is 10.00 Å². The zero-order valence-corrected chi connectivity index (χ0v) is 9.09. The van der Waals surface area contributed by atoms with Gasteiger partial charge in [-0.2, -0.15) is 5.26 Å². The second-order valence-electron chi connectivity index (χ2n) is 4.46. The molecule has 1 N–H and O–H groups in total. The molecule has 3 nitrogen and oxygen atoms in total. The van der Waals surface area contributed by atoms with Crippen molar-refractivity contribution in [3.8, 4) is 6.07 Å². The van der Waals surface area contributed by atoms with Crippen LogP contribution in [0, 0.1) is 22.6 Å². The molecule has 2 rings (SSSR count). The van der Waals surface area contributed by atoms with E-state index < -0.39 is 0 Å². The summed E-state index contributed by atoms with van der Waals surface area (Å²) in [6, 6.07) is 6.34. The summed E-state index contributed by atoms with van der Waals surface area (Å²) in [6.07, 6.45) is 0. The molecule has 1 heterocycles. The number of hydrogen-bond donors (Lipinski definition) is 1. The summed E-state index contributed by atoms with van der Waals surface area (Å²) < 4.78 is 18.6. The minimum Gasteiger partial charge on any atom is -0.382 e. The van der Waals surface area contributed by atoms with E-state index in [1.54, 1.807) is 12.1 Å². The molecule has 1 aromatic rings. The number of nitrogens with one attached hydrogen (secondary N) is 1. The Morgan fingerprint density at radius 3 is 2.81 bits per heavy atom. The van der Waals surface area contributed by atoms with Gasteiger partial charge >= 0.3 is 0 Å². The first-order chi connectivity index (χ1) is 7.63. The van der Waals surface area contributed by atoms with Crippen LogP contribution in [0.5, 0.6) is 0 Å². The van der Waals surface area contributed by atoms with Gasteiger partial charge in [-0.1, -0.05) is 6.92 Å². The highest BCUT2D eigenvalue weighted by Gasteiger charge is 2.33. The van der Waals surface area contributed by atoms with Crippen LogP contribution < -0.4 is 5.32 Å². The number of anilines is 1. The van der Waals surface area contributed by atoms with Crippen molar-refractivity contribution in [2.24, 2.45) is 5.41 Å². The van der Waals surface area contributed by atoms with Crippen molar-refractivity contribution in [3.05, 3.63) is 29.6 Å². The van der Waals surface area contributed by atoms with Crippen LogP contribution in [0.4, 0.5) is 10.1 Å². The van der Waals surface area contributed by atoms with E-state index in [0.717, 1.165) is 0 Å². The lowest BCUT2D eigenvalue weighted by Gasteiger charge is -2.38. The Morgan fingerprint density at radius 1 is 1.56 bits per heavy atom. The second-order valence-corrected chi connectivity index (χ2v) is 4.46. The van der Waals surface area contributed by atoms with Crippen LogP contribution in [-0.4, -0.2) is 19.8 Å². The third-order valence-electron chi connectivity index (χ3n) is 2.70. The summed E-state index contributed by atoms with van der Waals surface area (Å²) in [6.45, 7) is 4.18. The van der Waals surface area contributed by atoms with Crippen molar-refractivity contribution in [1.29, 1.82) is 5.26 Å². The Bertz CT molecular complexity index is 435. The van der Waals surface area contributed by atoms with Crippen LogP contribution in [0.3, 0.4) is 0 Å². The minimum atomic E-state index is -0.386. The van der Waals surface area contributed by atoms with Crippen LogP contribution in [0.1, 0.15) is 12.5 Å². The molecule has 84 valence electrons. The predicted molar refractivity (Wildman–Crippen MR) is 58.5 cm³/mol. The van der Waals surface area contributed by atoms with E-state index in [9.17, 15) is 4.39 Å². The monoisotopic (exact) mass is 220 g/mol. The van der Waals surface area contributed by atoms with Gasteiger partial charge in [0.1, 0.15) is 5.82 Å². The van der Waals surface area contributed by atoms with E-state index in [-0.39, 0.29) is 11.2 Å². The lowest BCUT2D eigenvalue weighted by Crippen LogP contribution is -2.45. The van der Waals surface area contributed by atoms with Gasteiger partial charge < -0.3 is 10.1 Å². The van der Waals surface area contributed by atoms with Gasteiger partial charge in [-0.3, -0.25) is 0 Å². The molecule has 4 heteroatoms. The molecular weight excluding hydrogens is 207 g/mol. The summed E-state index contributed by atoms with van der Waals surface area (Å²) >= 11 is 0. The van der Waals surface area contributed by atoms with Gasteiger partial charge in [-0.25, -0.2) is 4.39 Å². The normalized spacial score (nSPS) is 17.3. The van der Waals surface area contributed by atoms with Crippen LogP contribution in [0.2, 0.25) is 0 Å². The van der Waals surface area contributed by atoms with Gasteiger partial charge in [0.15, 0.2) is 0 Å². The Morgan fingerprint density at radius 2 is 2.31 bits per heavy atom. The van der Waals surface area contributed by atoms with Crippen molar-refractivity contribution in [2.45, 2.75) is 6.92 Å². The Balaban J connectivity index is 2.02. The SMILES string of the molecule is CC1(CNc2ccc(C#N)cc2F)COC1. The molecule has 0 radical (unpaired) electrons. The van der Waals surface area contributed by atoms with Crippen molar-refractivity contribution in [2.75, 3.05) is 25.1 Å². The fraction of sp³-hybridized carbons (Fsp3) is 0.417. The molecule has 0 atom stereocenters. The molecule has 0 amide bonds. The van der Waals surface area contributed by atoms with Gasteiger partial charge in [0, 0.05) is 12.0 Å². The molecule has 0 unspecified atom stereocenters. The summed E-state index contributed by atoms with van der Waals surface area (Å²) in [7, 11) is 0. The second kappa shape index (κ2) is 4.11. The molecule has 1 fully saturated rings. The first-order valence-corrected chi connectivity index (χ1v) is 5.14. The maximum atomic E-state index is 13.5. The zero-order chi connectivity index (χ0) is 11.6.